The summed E-state index contributed by atoms with van der Waals surface area (Å²) < 4.78 is 10.7. The maximum Gasteiger partial charge on any atom is 0.338 e. The number of amides is 1. The predicted molar refractivity (Wildman–Crippen MR) is 134 cm³/mol. The molecule has 2 aliphatic rings. The molecule has 3 aromatic carbocycles. The number of carbonyl (C=O) groups excluding carboxylic acids is 3. The quantitative estimate of drug-likeness (QED) is 0.234. The summed E-state index contributed by atoms with van der Waals surface area (Å²) in [4.78, 5) is 40.2. The van der Waals surface area contributed by atoms with E-state index >= 15 is 0 Å². The molecule has 0 bridgehead atoms. The van der Waals surface area contributed by atoms with Crippen molar-refractivity contribution < 1.29 is 29.0 Å². The highest BCUT2D eigenvalue weighted by molar-refractivity contribution is 6.51. The summed E-state index contributed by atoms with van der Waals surface area (Å²) in [6, 6.07) is 19.8. The molecule has 182 valence electrons. The van der Waals surface area contributed by atoms with Crippen LogP contribution >= 0.6 is 0 Å². The Morgan fingerprint density at radius 3 is 2.47 bits per heavy atom. The van der Waals surface area contributed by atoms with E-state index in [1.165, 1.54) is 4.90 Å². The van der Waals surface area contributed by atoms with Crippen LogP contribution in [0.4, 0.5) is 5.69 Å². The zero-order valence-corrected chi connectivity index (χ0v) is 19.8. The number of benzene rings is 3. The summed E-state index contributed by atoms with van der Waals surface area (Å²) in [5.41, 5.74) is 2.85. The van der Waals surface area contributed by atoms with Crippen molar-refractivity contribution in [2.75, 3.05) is 18.1 Å². The third kappa shape index (κ3) is 4.13. The normalized spacial score (nSPS) is 18.1. The number of Topliss-reactive ketones (excluding diaryl/α,β-unsaturated/α-hetero) is 1. The van der Waals surface area contributed by atoms with Crippen LogP contribution in [0.3, 0.4) is 0 Å². The van der Waals surface area contributed by atoms with Gasteiger partial charge in [-0.2, -0.15) is 0 Å². The molecule has 0 saturated carbocycles. The van der Waals surface area contributed by atoms with Gasteiger partial charge in [0.2, 0.25) is 0 Å². The van der Waals surface area contributed by atoms with Crippen LogP contribution in [0.25, 0.3) is 5.76 Å². The van der Waals surface area contributed by atoms with Crippen LogP contribution in [0.15, 0.2) is 78.4 Å². The van der Waals surface area contributed by atoms with Crippen molar-refractivity contribution >= 4 is 29.1 Å². The van der Waals surface area contributed by atoms with E-state index in [0.717, 1.165) is 11.3 Å². The van der Waals surface area contributed by atoms with Crippen molar-refractivity contribution in [3.8, 4) is 5.75 Å². The molecule has 7 nitrogen and oxygen atoms in total. The zero-order chi connectivity index (χ0) is 25.2. The van der Waals surface area contributed by atoms with Gasteiger partial charge in [-0.25, -0.2) is 4.79 Å². The number of aliphatic hydroxyl groups excluding tert-OH is 1. The van der Waals surface area contributed by atoms with E-state index in [1.807, 2.05) is 37.3 Å². The number of anilines is 1. The van der Waals surface area contributed by atoms with Gasteiger partial charge in [0, 0.05) is 17.7 Å². The smallest absolute Gasteiger partial charge is 0.338 e. The number of ketones is 1. The van der Waals surface area contributed by atoms with Gasteiger partial charge < -0.3 is 14.6 Å². The first-order chi connectivity index (χ1) is 17.5. The van der Waals surface area contributed by atoms with E-state index in [0.29, 0.717) is 48.4 Å². The monoisotopic (exact) mass is 483 g/mol. The van der Waals surface area contributed by atoms with Crippen LogP contribution in [-0.2, 0) is 20.7 Å². The molecule has 1 fully saturated rings. The first-order valence-corrected chi connectivity index (χ1v) is 11.9. The van der Waals surface area contributed by atoms with Gasteiger partial charge in [0.1, 0.15) is 11.5 Å². The lowest BCUT2D eigenvalue weighted by molar-refractivity contribution is -0.132. The van der Waals surface area contributed by atoms with Gasteiger partial charge in [0.25, 0.3) is 11.7 Å². The van der Waals surface area contributed by atoms with Crippen molar-refractivity contribution in [2.45, 2.75) is 25.8 Å². The number of hydrogen-bond acceptors (Lipinski definition) is 6. The second-order valence-electron chi connectivity index (χ2n) is 8.68. The van der Waals surface area contributed by atoms with Gasteiger partial charge in [0.05, 0.1) is 30.4 Å². The van der Waals surface area contributed by atoms with Gasteiger partial charge in [-0.15, -0.1) is 0 Å². The Hall–Kier alpha value is -4.39. The third-order valence-corrected chi connectivity index (χ3v) is 6.34. The Morgan fingerprint density at radius 2 is 1.75 bits per heavy atom. The molecule has 1 saturated heterocycles. The summed E-state index contributed by atoms with van der Waals surface area (Å²) in [5.74, 6) is -1.46. The minimum atomic E-state index is -0.839. The highest BCUT2D eigenvalue weighted by Crippen LogP contribution is 2.42. The molecule has 3 aromatic rings. The fourth-order valence-electron chi connectivity index (χ4n) is 4.58. The predicted octanol–water partition coefficient (Wildman–Crippen LogP) is 4.81. The highest BCUT2D eigenvalue weighted by atomic mass is 16.5. The maximum atomic E-state index is 13.3. The number of aliphatic hydroxyl groups is 1. The first kappa shape index (κ1) is 23.4. The fourth-order valence-corrected chi connectivity index (χ4v) is 4.58. The van der Waals surface area contributed by atoms with E-state index in [9.17, 15) is 19.5 Å². The SMILES string of the molecule is CCCOC(=O)c1ccc(N2C(=O)C(=O)/C(=C(\O)c3ccc4c(c3)CCO4)C2c2ccccc2)cc1. The van der Waals surface area contributed by atoms with Crippen LogP contribution in [0.1, 0.15) is 46.4 Å². The van der Waals surface area contributed by atoms with E-state index in [2.05, 4.69) is 0 Å². The summed E-state index contributed by atoms with van der Waals surface area (Å²) in [5, 5.41) is 11.3. The average Bonchev–Trinajstić information content (AvgIpc) is 3.49. The Morgan fingerprint density at radius 1 is 1.03 bits per heavy atom. The molecule has 0 aliphatic carbocycles. The standard InChI is InChI=1S/C29H25NO6/c1-2-15-36-29(34)19-8-11-22(12-9-19)30-25(18-6-4-3-5-7-18)24(27(32)28(30)33)26(31)21-10-13-23-20(17-21)14-16-35-23/h3-13,17,25,31H,2,14-16H2,1H3/b26-24-. The number of hydrogen-bond donors (Lipinski definition) is 1. The number of nitrogens with zero attached hydrogens (tertiary/aromatic N) is 1. The zero-order valence-electron chi connectivity index (χ0n) is 19.8. The van der Waals surface area contributed by atoms with Crippen LogP contribution in [0, 0.1) is 0 Å². The van der Waals surface area contributed by atoms with E-state index in [1.54, 1.807) is 42.5 Å². The van der Waals surface area contributed by atoms with Crippen molar-refractivity contribution in [3.63, 3.8) is 0 Å². The molecular formula is C29H25NO6. The van der Waals surface area contributed by atoms with Gasteiger partial charge in [-0.05, 0) is 60.0 Å². The van der Waals surface area contributed by atoms with E-state index in [4.69, 9.17) is 9.47 Å². The maximum absolute atomic E-state index is 13.3. The Bertz CT molecular complexity index is 1360. The van der Waals surface area contributed by atoms with Crippen molar-refractivity contribution in [3.05, 3.63) is 101 Å². The Kier molecular flexibility index (Phi) is 6.29. The lowest BCUT2D eigenvalue weighted by Crippen LogP contribution is -2.29. The van der Waals surface area contributed by atoms with Crippen molar-refractivity contribution in [1.29, 1.82) is 0 Å². The molecule has 1 amide bonds. The van der Waals surface area contributed by atoms with Crippen LogP contribution in [0.5, 0.6) is 5.75 Å². The molecule has 0 spiro atoms. The number of fused-ring (bicyclic) bond motifs is 1. The molecule has 36 heavy (non-hydrogen) atoms. The second kappa shape index (κ2) is 9.70. The van der Waals surface area contributed by atoms with Crippen LogP contribution in [0.2, 0.25) is 0 Å². The van der Waals surface area contributed by atoms with Crippen molar-refractivity contribution in [2.24, 2.45) is 0 Å². The van der Waals surface area contributed by atoms with E-state index in [-0.39, 0.29) is 11.3 Å². The number of rotatable bonds is 6. The first-order valence-electron chi connectivity index (χ1n) is 11.9. The second-order valence-corrected chi connectivity index (χ2v) is 8.68. The summed E-state index contributed by atoms with van der Waals surface area (Å²) in [6.45, 7) is 2.79. The lowest BCUT2D eigenvalue weighted by Gasteiger charge is -2.25. The largest absolute Gasteiger partial charge is 0.507 e. The summed E-state index contributed by atoms with van der Waals surface area (Å²) in [7, 11) is 0. The van der Waals surface area contributed by atoms with Gasteiger partial charge in [-0.3, -0.25) is 14.5 Å². The molecule has 7 heteroatoms. The minimum Gasteiger partial charge on any atom is -0.507 e. The van der Waals surface area contributed by atoms with Gasteiger partial charge in [0.15, 0.2) is 0 Å². The molecular weight excluding hydrogens is 458 g/mol. The van der Waals surface area contributed by atoms with Crippen LogP contribution < -0.4 is 9.64 Å². The fraction of sp³-hybridized carbons (Fsp3) is 0.207. The number of ether oxygens (including phenoxy) is 2. The average molecular weight is 484 g/mol. The molecule has 2 aliphatic heterocycles. The van der Waals surface area contributed by atoms with Gasteiger partial charge in [-0.1, -0.05) is 37.3 Å². The van der Waals surface area contributed by atoms with Gasteiger partial charge >= 0.3 is 5.97 Å². The molecule has 5 rings (SSSR count). The minimum absolute atomic E-state index is 0.0106. The highest BCUT2D eigenvalue weighted by Gasteiger charge is 2.47. The Labute approximate surface area is 208 Å². The molecule has 0 radical (unpaired) electrons. The number of esters is 1. The summed E-state index contributed by atoms with van der Waals surface area (Å²) >= 11 is 0. The molecule has 0 aromatic heterocycles. The number of carbonyl (C=O) groups is 3. The lowest BCUT2D eigenvalue weighted by atomic mass is 9.94. The Balaban J connectivity index is 1.58. The molecule has 2 heterocycles. The molecule has 1 N–H and O–H groups in total. The van der Waals surface area contributed by atoms with E-state index < -0.39 is 23.7 Å². The topological polar surface area (TPSA) is 93.1 Å². The third-order valence-electron chi connectivity index (χ3n) is 6.34. The van der Waals surface area contributed by atoms with Crippen LogP contribution in [-0.4, -0.2) is 36.0 Å². The molecule has 1 atom stereocenters. The molecule has 1 unspecified atom stereocenters. The summed E-state index contributed by atoms with van der Waals surface area (Å²) in [6.07, 6.45) is 1.42. The van der Waals surface area contributed by atoms with Crippen molar-refractivity contribution in [1.82, 2.24) is 0 Å².